The fourth-order valence-corrected chi connectivity index (χ4v) is 7.58. The second-order valence-corrected chi connectivity index (χ2v) is 14.9. The van der Waals surface area contributed by atoms with Crippen molar-refractivity contribution in [3.05, 3.63) is 65.9 Å². The smallest absolute Gasteiger partial charge is 0.407 e. The number of carbonyl (C=O) groups excluding carboxylic acids is 2. The SMILES string of the molecule is COC[C@@H](C)CN[C@@H](C)c1nc2ccc3cc4c(cc3c2[nH]1)OCc1cc(-c2cnc([C@@H]3C[C@H](C)CN3C(=O)[C@@H](NC(=O)OC)C(C)C)[nH]2)ccc1-4. The highest BCUT2D eigenvalue weighted by Gasteiger charge is 2.40. The lowest BCUT2D eigenvalue weighted by Gasteiger charge is -2.30. The Bertz CT molecular complexity index is 2100. The number of hydrogen-bond acceptors (Lipinski definition) is 8. The molecule has 2 aliphatic heterocycles. The largest absolute Gasteiger partial charge is 0.488 e. The molecule has 12 nitrogen and oxygen atoms in total. The van der Waals surface area contributed by atoms with Crippen molar-refractivity contribution >= 4 is 33.8 Å². The topological polar surface area (TPSA) is 146 Å². The van der Waals surface area contributed by atoms with E-state index in [4.69, 9.17) is 24.2 Å². The van der Waals surface area contributed by atoms with E-state index in [1.807, 2.05) is 24.9 Å². The van der Waals surface area contributed by atoms with Gasteiger partial charge in [-0.05, 0) is 77.4 Å². The van der Waals surface area contributed by atoms with Crippen LogP contribution in [0.15, 0.2) is 48.7 Å². The first-order valence-electron chi connectivity index (χ1n) is 18.2. The average Bonchev–Trinajstić information content (AvgIpc) is 3.90. The third kappa shape index (κ3) is 6.84. The van der Waals surface area contributed by atoms with Gasteiger partial charge in [0, 0.05) is 37.8 Å². The van der Waals surface area contributed by atoms with Gasteiger partial charge < -0.3 is 39.7 Å². The van der Waals surface area contributed by atoms with Crippen molar-refractivity contribution in [3.63, 3.8) is 0 Å². The Morgan fingerprint density at radius 2 is 1.88 bits per heavy atom. The van der Waals surface area contributed by atoms with Crippen LogP contribution in [0, 0.1) is 17.8 Å². The lowest BCUT2D eigenvalue weighted by atomic mass is 9.92. The second-order valence-electron chi connectivity index (χ2n) is 14.9. The van der Waals surface area contributed by atoms with Crippen LogP contribution in [0.25, 0.3) is 44.2 Å². The van der Waals surface area contributed by atoms with Crippen LogP contribution in [0.2, 0.25) is 0 Å². The molecule has 52 heavy (non-hydrogen) atoms. The maximum absolute atomic E-state index is 13.7. The minimum absolute atomic E-state index is 0.0679. The van der Waals surface area contributed by atoms with E-state index in [1.165, 1.54) is 7.11 Å². The molecule has 1 fully saturated rings. The molecule has 0 spiro atoms. The maximum Gasteiger partial charge on any atom is 0.407 e. The van der Waals surface area contributed by atoms with Crippen LogP contribution in [0.4, 0.5) is 4.79 Å². The van der Waals surface area contributed by atoms with Crippen LogP contribution < -0.4 is 15.4 Å². The molecule has 4 N–H and O–H groups in total. The highest BCUT2D eigenvalue weighted by atomic mass is 16.5. The summed E-state index contributed by atoms with van der Waals surface area (Å²) in [6, 6.07) is 14.1. The maximum atomic E-state index is 13.7. The first-order chi connectivity index (χ1) is 25.0. The number of rotatable bonds is 11. The summed E-state index contributed by atoms with van der Waals surface area (Å²) in [6.07, 6.45) is 2.00. The molecule has 274 valence electrons. The van der Waals surface area contributed by atoms with Gasteiger partial charge in [0.25, 0.3) is 0 Å². The fraction of sp³-hybridized carbons (Fsp3) is 0.450. The molecular weight excluding hydrogens is 658 g/mol. The van der Waals surface area contributed by atoms with Gasteiger partial charge in [-0.15, -0.1) is 0 Å². The molecule has 0 radical (unpaired) electrons. The van der Waals surface area contributed by atoms with E-state index in [0.717, 1.165) is 80.1 Å². The van der Waals surface area contributed by atoms with Gasteiger partial charge in [-0.1, -0.05) is 45.9 Å². The summed E-state index contributed by atoms with van der Waals surface area (Å²) < 4.78 is 16.5. The van der Waals surface area contributed by atoms with Crippen LogP contribution in [-0.2, 0) is 20.9 Å². The Hall–Kier alpha value is -4.94. The monoisotopic (exact) mass is 707 g/mol. The lowest BCUT2D eigenvalue weighted by Crippen LogP contribution is -2.51. The van der Waals surface area contributed by atoms with Crippen LogP contribution in [0.3, 0.4) is 0 Å². The van der Waals surface area contributed by atoms with Gasteiger partial charge in [0.15, 0.2) is 0 Å². The number of alkyl carbamates (subject to hydrolysis) is 1. The van der Waals surface area contributed by atoms with Gasteiger partial charge in [0.05, 0.1) is 42.1 Å². The summed E-state index contributed by atoms with van der Waals surface area (Å²) >= 11 is 0. The number of hydrogen-bond donors (Lipinski definition) is 4. The molecule has 4 heterocycles. The molecule has 5 atom stereocenters. The van der Waals surface area contributed by atoms with Gasteiger partial charge in [-0.2, -0.15) is 0 Å². The second kappa shape index (κ2) is 14.6. The Morgan fingerprint density at radius 3 is 2.65 bits per heavy atom. The number of fused-ring (bicyclic) bond motifs is 6. The summed E-state index contributed by atoms with van der Waals surface area (Å²) in [5.74, 6) is 2.95. The van der Waals surface area contributed by atoms with Crippen molar-refractivity contribution in [3.8, 4) is 28.1 Å². The van der Waals surface area contributed by atoms with E-state index in [0.29, 0.717) is 25.7 Å². The van der Waals surface area contributed by atoms with E-state index in [2.05, 4.69) is 83.8 Å². The van der Waals surface area contributed by atoms with Gasteiger partial charge in [-0.25, -0.2) is 14.8 Å². The predicted molar refractivity (Wildman–Crippen MR) is 201 cm³/mol. The fourth-order valence-electron chi connectivity index (χ4n) is 7.58. The molecule has 12 heteroatoms. The molecule has 2 amide bonds. The van der Waals surface area contributed by atoms with Gasteiger partial charge in [-0.3, -0.25) is 4.79 Å². The van der Waals surface area contributed by atoms with Gasteiger partial charge >= 0.3 is 6.09 Å². The first-order valence-corrected chi connectivity index (χ1v) is 18.2. The normalized spacial score (nSPS) is 18.6. The first kappa shape index (κ1) is 35.5. The number of imidazole rings is 2. The summed E-state index contributed by atoms with van der Waals surface area (Å²) in [5.41, 5.74) is 7.08. The van der Waals surface area contributed by atoms with Crippen molar-refractivity contribution in [2.45, 2.75) is 65.8 Å². The Kier molecular flexibility index (Phi) is 9.95. The van der Waals surface area contributed by atoms with Crippen LogP contribution in [0.5, 0.6) is 5.75 Å². The Morgan fingerprint density at radius 1 is 1.06 bits per heavy atom. The summed E-state index contributed by atoms with van der Waals surface area (Å²) in [7, 11) is 3.03. The van der Waals surface area contributed by atoms with Gasteiger partial charge in [0.1, 0.15) is 30.0 Å². The minimum Gasteiger partial charge on any atom is -0.488 e. The predicted octanol–water partition coefficient (Wildman–Crippen LogP) is 6.89. The highest BCUT2D eigenvalue weighted by Crippen LogP contribution is 2.43. The summed E-state index contributed by atoms with van der Waals surface area (Å²) in [4.78, 5) is 44.4. The van der Waals surface area contributed by atoms with E-state index >= 15 is 0 Å². The number of nitrogens with one attached hydrogen (secondary N) is 4. The van der Waals surface area contributed by atoms with Crippen molar-refractivity contribution in [1.29, 1.82) is 0 Å². The zero-order valence-electron chi connectivity index (χ0n) is 31.0. The number of aromatic nitrogens is 4. The van der Waals surface area contributed by atoms with Crippen LogP contribution >= 0.6 is 0 Å². The molecular formula is C40H49N7O5. The number of carbonyl (C=O) groups is 2. The highest BCUT2D eigenvalue weighted by molar-refractivity contribution is 6.07. The lowest BCUT2D eigenvalue weighted by molar-refractivity contribution is -0.135. The van der Waals surface area contributed by atoms with Crippen molar-refractivity contribution in [2.24, 2.45) is 17.8 Å². The number of benzene rings is 3. The summed E-state index contributed by atoms with van der Waals surface area (Å²) in [5, 5.41) is 8.49. The molecule has 0 aliphatic carbocycles. The standard InChI is InChI=1S/C40H49N7O5/c1-21(2)35(46-40(49)51-7)39(48)47-18-22(3)12-33(47)38-42-17-32(44-38)26-8-10-28-27(13-26)20-52-34-15-29-25(14-30(28)34)9-11-31-36(29)45-37(43-31)24(5)41-16-23(4)19-50-6/h8-11,13-15,17,21-24,33,35,41H,12,16,18-20H2,1-7H3,(H,42,44)(H,43,45)(H,46,49)/t22-,23-,24-,33-,35-/m0/s1. The molecule has 0 saturated carbocycles. The molecule has 7 rings (SSSR count). The van der Waals surface area contributed by atoms with Crippen molar-refractivity contribution in [2.75, 3.05) is 33.9 Å². The molecule has 0 unspecified atom stereocenters. The van der Waals surface area contributed by atoms with E-state index < -0.39 is 12.1 Å². The van der Waals surface area contributed by atoms with Crippen LogP contribution in [-0.4, -0.2) is 76.8 Å². The van der Waals surface area contributed by atoms with Gasteiger partial charge in [0.2, 0.25) is 5.91 Å². The number of H-pyrrole nitrogens is 2. The number of amides is 2. The number of ether oxygens (including phenoxy) is 3. The third-order valence-corrected chi connectivity index (χ3v) is 10.4. The third-order valence-electron chi connectivity index (χ3n) is 10.4. The van der Waals surface area contributed by atoms with Crippen molar-refractivity contribution < 1.29 is 23.8 Å². The molecule has 0 bridgehead atoms. The Balaban J connectivity index is 1.12. The molecule has 2 aromatic heterocycles. The number of methoxy groups -OCH3 is 2. The average molecular weight is 708 g/mol. The number of aromatic amines is 2. The van der Waals surface area contributed by atoms with Crippen LogP contribution in [0.1, 0.15) is 70.3 Å². The van der Waals surface area contributed by atoms with Crippen molar-refractivity contribution in [1.82, 2.24) is 35.5 Å². The van der Waals surface area contributed by atoms with E-state index in [1.54, 1.807) is 7.11 Å². The van der Waals surface area contributed by atoms with E-state index in [-0.39, 0.29) is 29.8 Å². The van der Waals surface area contributed by atoms with E-state index in [9.17, 15) is 9.59 Å². The molecule has 5 aromatic rings. The molecule has 3 aromatic carbocycles. The zero-order valence-corrected chi connectivity index (χ0v) is 31.0. The number of likely N-dealkylation sites (tertiary alicyclic amines) is 1. The minimum atomic E-state index is -0.690. The zero-order chi connectivity index (χ0) is 36.7. The quantitative estimate of drug-likeness (QED) is 0.116. The number of nitrogens with zero attached hydrogens (tertiary/aromatic N) is 3. The molecule has 1 saturated heterocycles. The Labute approximate surface area is 304 Å². The molecule has 2 aliphatic rings. The summed E-state index contributed by atoms with van der Waals surface area (Å²) in [6.45, 7) is 12.8.